The number of alkyl halides is 6. The first-order chi connectivity index (χ1) is 16.9. The monoisotopic (exact) mass is 540 g/mol. The van der Waals surface area contributed by atoms with Crippen molar-refractivity contribution in [2.75, 3.05) is 0 Å². The largest absolute Gasteiger partial charge is 0.542 e. The van der Waals surface area contributed by atoms with E-state index in [-0.39, 0.29) is 21.8 Å². The number of halogens is 6. The van der Waals surface area contributed by atoms with Gasteiger partial charge in [0.2, 0.25) is 0 Å². The summed E-state index contributed by atoms with van der Waals surface area (Å²) in [5, 5.41) is 10.4. The summed E-state index contributed by atoms with van der Waals surface area (Å²) >= 11 is 0. The highest BCUT2D eigenvalue weighted by Gasteiger charge is 2.39. The number of nitrogens with zero attached hydrogens (tertiary/aromatic N) is 2. The average molecular weight is 541 g/mol. The third-order valence-electron chi connectivity index (χ3n) is 6.13. The van der Waals surface area contributed by atoms with Gasteiger partial charge >= 0.3 is 12.4 Å². The van der Waals surface area contributed by atoms with Gasteiger partial charge in [-0.05, 0) is 42.4 Å². The second-order valence-corrected chi connectivity index (χ2v) is 14.7. The van der Waals surface area contributed by atoms with Crippen LogP contribution in [0.5, 0.6) is 11.5 Å². The van der Waals surface area contributed by atoms with E-state index in [0.29, 0.717) is 16.5 Å². The summed E-state index contributed by atoms with van der Waals surface area (Å²) in [5.74, 6) is 0.175. The molecule has 4 rings (SSSR count). The molecule has 4 aromatic rings. The zero-order valence-electron chi connectivity index (χ0n) is 20.8. The number of aromatic hydroxyl groups is 1. The smallest absolute Gasteiger partial charge is 0.433 e. The van der Waals surface area contributed by atoms with Crippen LogP contribution in [0.1, 0.15) is 32.2 Å². The minimum Gasteiger partial charge on any atom is -0.542 e. The molecule has 0 saturated carbocycles. The Morgan fingerprint density at radius 3 is 1.62 bits per heavy atom. The number of phenols is 1. The average Bonchev–Trinajstić information content (AvgIpc) is 2.77. The fourth-order valence-electron chi connectivity index (χ4n) is 3.08. The fraction of sp³-hybridized carbons (Fsp3) is 0.308. The molecule has 0 unspecified atom stereocenters. The lowest BCUT2D eigenvalue weighted by Crippen LogP contribution is -2.43. The van der Waals surface area contributed by atoms with Crippen molar-refractivity contribution >= 4 is 30.1 Å². The van der Waals surface area contributed by atoms with Gasteiger partial charge in [-0.15, -0.1) is 0 Å². The van der Waals surface area contributed by atoms with Crippen molar-refractivity contribution in [3.63, 3.8) is 0 Å². The molecule has 2 aromatic carbocycles. The number of benzene rings is 2. The number of para-hydroxylation sites is 2. The SMILES string of the molecule is CC(C)(C)[Si](C)(C)Oc1cccc2ccc(C(F)(F)F)nc12.Oc1cccc2ccc(C(F)(F)F)nc12. The molecular weight excluding hydrogens is 514 g/mol. The zero-order valence-corrected chi connectivity index (χ0v) is 21.8. The lowest BCUT2D eigenvalue weighted by atomic mass is 10.2. The number of phenolic OH excluding ortho intramolecular Hbond substituents is 1. The van der Waals surface area contributed by atoms with Crippen molar-refractivity contribution in [1.82, 2.24) is 9.97 Å². The highest BCUT2D eigenvalue weighted by molar-refractivity contribution is 6.74. The Balaban J connectivity index is 0.000000220. The van der Waals surface area contributed by atoms with E-state index < -0.39 is 32.1 Å². The van der Waals surface area contributed by atoms with Gasteiger partial charge in [-0.1, -0.05) is 57.2 Å². The first kappa shape index (κ1) is 28.2. The van der Waals surface area contributed by atoms with E-state index in [1.165, 1.54) is 18.2 Å². The van der Waals surface area contributed by atoms with Gasteiger partial charge in [-0.25, -0.2) is 9.97 Å². The Morgan fingerprint density at radius 1 is 0.676 bits per heavy atom. The Labute approximate surface area is 211 Å². The van der Waals surface area contributed by atoms with Crippen LogP contribution in [0.2, 0.25) is 18.1 Å². The summed E-state index contributed by atoms with van der Waals surface area (Å²) in [7, 11) is -2.15. The molecule has 0 aliphatic carbocycles. The Hall–Kier alpha value is -3.34. The van der Waals surface area contributed by atoms with Crippen LogP contribution in [0, 0.1) is 0 Å². The van der Waals surface area contributed by atoms with Gasteiger partial charge in [0.15, 0.2) is 0 Å². The summed E-state index contributed by atoms with van der Waals surface area (Å²) in [6.45, 7) is 10.4. The fourth-order valence-corrected chi connectivity index (χ4v) is 4.10. The molecule has 0 atom stereocenters. The van der Waals surface area contributed by atoms with E-state index in [4.69, 9.17) is 4.43 Å². The third-order valence-corrected chi connectivity index (χ3v) is 10.5. The number of fused-ring (bicyclic) bond motifs is 2. The maximum absolute atomic E-state index is 12.9. The highest BCUT2D eigenvalue weighted by atomic mass is 28.4. The Bertz CT molecular complexity index is 1410. The molecule has 0 saturated heterocycles. The molecule has 11 heteroatoms. The van der Waals surface area contributed by atoms with Gasteiger partial charge in [0.05, 0.1) is 0 Å². The van der Waals surface area contributed by atoms with Crippen LogP contribution in [0.3, 0.4) is 0 Å². The van der Waals surface area contributed by atoms with Crippen LogP contribution in [-0.2, 0) is 12.4 Å². The predicted octanol–water partition coefficient (Wildman–Crippen LogP) is 8.60. The van der Waals surface area contributed by atoms with Crippen LogP contribution in [0.15, 0.2) is 60.7 Å². The third kappa shape index (κ3) is 6.51. The molecule has 0 radical (unpaired) electrons. The number of rotatable bonds is 2. The molecule has 0 bridgehead atoms. The first-order valence-electron chi connectivity index (χ1n) is 11.2. The number of hydrogen-bond acceptors (Lipinski definition) is 4. The summed E-state index contributed by atoms with van der Waals surface area (Å²) in [4.78, 5) is 7.16. The molecule has 0 aliphatic rings. The Kier molecular flexibility index (Phi) is 7.51. The van der Waals surface area contributed by atoms with E-state index in [9.17, 15) is 31.4 Å². The number of hydrogen-bond donors (Lipinski definition) is 1. The minimum absolute atomic E-state index is 0.0349. The molecule has 0 fully saturated rings. The van der Waals surface area contributed by atoms with Crippen LogP contribution in [0.4, 0.5) is 26.3 Å². The highest BCUT2D eigenvalue weighted by Crippen LogP contribution is 2.39. The zero-order chi connectivity index (χ0) is 27.8. The van der Waals surface area contributed by atoms with Gasteiger partial charge in [0.25, 0.3) is 8.32 Å². The van der Waals surface area contributed by atoms with Gasteiger partial charge in [-0.2, -0.15) is 26.3 Å². The van der Waals surface area contributed by atoms with Crippen LogP contribution < -0.4 is 4.43 Å². The van der Waals surface area contributed by atoms with E-state index in [2.05, 4.69) is 43.8 Å². The Morgan fingerprint density at radius 2 is 1.14 bits per heavy atom. The molecule has 2 aromatic heterocycles. The predicted molar refractivity (Wildman–Crippen MR) is 133 cm³/mol. The van der Waals surface area contributed by atoms with Gasteiger partial charge in [0, 0.05) is 10.8 Å². The molecule has 0 aliphatic heterocycles. The van der Waals surface area contributed by atoms with Crippen molar-refractivity contribution in [3.8, 4) is 11.5 Å². The van der Waals surface area contributed by atoms with Crippen molar-refractivity contribution in [3.05, 3.63) is 72.1 Å². The quantitative estimate of drug-likeness (QED) is 0.204. The van der Waals surface area contributed by atoms with E-state index >= 15 is 0 Å². The number of aromatic nitrogens is 2. The van der Waals surface area contributed by atoms with Crippen LogP contribution in [-0.4, -0.2) is 23.4 Å². The topological polar surface area (TPSA) is 55.2 Å². The molecule has 37 heavy (non-hydrogen) atoms. The molecular formula is C26H26F6N2O2Si. The molecule has 4 nitrogen and oxygen atoms in total. The van der Waals surface area contributed by atoms with Gasteiger partial charge in [-0.3, -0.25) is 0 Å². The standard InChI is InChI=1S/C16H20F3NOSi.C10H6F3NO/c1-15(2,3)22(4,5)21-12-8-6-7-11-9-10-13(16(17,18)19)20-14(11)12;11-10(12,13)8-5-4-6-2-1-3-7(15)9(6)14-8/h6-10H,1-5H3;1-5,15H. The summed E-state index contributed by atoms with van der Waals surface area (Å²) in [5.41, 5.74) is -1.67. The second kappa shape index (κ2) is 9.84. The van der Waals surface area contributed by atoms with Crippen molar-refractivity contribution in [2.45, 2.75) is 51.3 Å². The number of pyridine rings is 2. The summed E-state index contributed by atoms with van der Waals surface area (Å²) in [6.07, 6.45) is -8.95. The lowest BCUT2D eigenvalue weighted by molar-refractivity contribution is -0.141. The van der Waals surface area contributed by atoms with Crippen molar-refractivity contribution in [1.29, 1.82) is 0 Å². The molecule has 2 heterocycles. The molecule has 1 N–H and O–H groups in total. The summed E-state index contributed by atoms with van der Waals surface area (Å²) in [6, 6.07) is 14.2. The molecule has 0 spiro atoms. The maximum atomic E-state index is 12.9. The van der Waals surface area contributed by atoms with Gasteiger partial charge in [0.1, 0.15) is 33.9 Å². The van der Waals surface area contributed by atoms with E-state index in [0.717, 1.165) is 12.1 Å². The maximum Gasteiger partial charge on any atom is 0.433 e. The van der Waals surface area contributed by atoms with Gasteiger partial charge < -0.3 is 9.53 Å². The second-order valence-electron chi connectivity index (χ2n) is 9.93. The molecule has 0 amide bonds. The van der Waals surface area contributed by atoms with E-state index in [1.54, 1.807) is 30.3 Å². The van der Waals surface area contributed by atoms with E-state index in [1.807, 2.05) is 0 Å². The molecule has 198 valence electrons. The van der Waals surface area contributed by atoms with Crippen LogP contribution in [0.25, 0.3) is 21.8 Å². The normalized spacial score (nSPS) is 12.8. The lowest BCUT2D eigenvalue weighted by Gasteiger charge is -2.36. The first-order valence-corrected chi connectivity index (χ1v) is 14.1. The van der Waals surface area contributed by atoms with Crippen molar-refractivity contribution in [2.24, 2.45) is 0 Å². The summed E-state index contributed by atoms with van der Waals surface area (Å²) < 4.78 is 81.7. The van der Waals surface area contributed by atoms with Crippen LogP contribution >= 0.6 is 0 Å². The van der Waals surface area contributed by atoms with Crippen molar-refractivity contribution < 1.29 is 35.9 Å². The minimum atomic E-state index is -4.49.